The normalized spacial score (nSPS) is 12.9. The standard InChI is InChI=1S/C21H30N4O2S2.HI/c1-5-22-21(23-15-17(2)28-19-12-7-6-8-13-19)24-16-18-11-9-10-14-20(18)29(26,27)25(3)4;/h6-14,17H,5,15-16H2,1-4H3,(H2,22,23,24);1H. The second-order valence-electron chi connectivity index (χ2n) is 6.71. The molecule has 2 aromatic carbocycles. The van der Waals surface area contributed by atoms with Gasteiger partial charge in [0.25, 0.3) is 0 Å². The maximum atomic E-state index is 12.6. The van der Waals surface area contributed by atoms with Crippen LogP contribution >= 0.6 is 35.7 Å². The molecule has 2 N–H and O–H groups in total. The Kier molecular flexibility index (Phi) is 11.7. The minimum atomic E-state index is -3.51. The Labute approximate surface area is 202 Å². The molecular formula is C21H31IN4O2S2. The van der Waals surface area contributed by atoms with Gasteiger partial charge < -0.3 is 10.6 Å². The van der Waals surface area contributed by atoms with Crippen LogP contribution in [0.5, 0.6) is 0 Å². The molecule has 0 saturated heterocycles. The molecule has 2 aromatic rings. The molecule has 0 saturated carbocycles. The molecule has 0 amide bonds. The molecule has 0 bridgehead atoms. The van der Waals surface area contributed by atoms with Crippen LogP contribution in [0.15, 0.2) is 69.4 Å². The van der Waals surface area contributed by atoms with Crippen LogP contribution in [-0.4, -0.2) is 51.1 Å². The highest BCUT2D eigenvalue weighted by atomic mass is 127. The Morgan fingerprint density at radius 2 is 1.70 bits per heavy atom. The number of thioether (sulfide) groups is 1. The largest absolute Gasteiger partial charge is 0.357 e. The maximum Gasteiger partial charge on any atom is 0.242 e. The topological polar surface area (TPSA) is 73.8 Å². The summed E-state index contributed by atoms with van der Waals surface area (Å²) >= 11 is 1.80. The minimum absolute atomic E-state index is 0. The summed E-state index contributed by atoms with van der Waals surface area (Å²) in [6, 6.07) is 17.3. The van der Waals surface area contributed by atoms with Crippen LogP contribution in [0, 0.1) is 0 Å². The third kappa shape index (κ3) is 8.09. The first kappa shape index (κ1) is 26.7. The van der Waals surface area contributed by atoms with Gasteiger partial charge in [-0.2, -0.15) is 0 Å². The summed E-state index contributed by atoms with van der Waals surface area (Å²) in [4.78, 5) is 6.12. The van der Waals surface area contributed by atoms with E-state index in [-0.39, 0.29) is 35.4 Å². The van der Waals surface area contributed by atoms with E-state index in [4.69, 9.17) is 0 Å². The number of nitrogens with zero attached hydrogens (tertiary/aromatic N) is 2. The first-order valence-electron chi connectivity index (χ1n) is 9.59. The summed E-state index contributed by atoms with van der Waals surface area (Å²) in [5.74, 6) is 0.671. The van der Waals surface area contributed by atoms with E-state index in [9.17, 15) is 8.42 Å². The zero-order chi connectivity index (χ0) is 21.3. The van der Waals surface area contributed by atoms with Gasteiger partial charge in [0.15, 0.2) is 5.96 Å². The SMILES string of the molecule is CCNC(=NCc1ccccc1S(=O)(=O)N(C)C)NCC(C)Sc1ccccc1.I. The van der Waals surface area contributed by atoms with E-state index in [1.54, 1.807) is 30.0 Å². The van der Waals surface area contributed by atoms with Crippen molar-refractivity contribution in [1.82, 2.24) is 14.9 Å². The van der Waals surface area contributed by atoms with Crippen molar-refractivity contribution in [2.75, 3.05) is 27.2 Å². The molecule has 9 heteroatoms. The average molecular weight is 563 g/mol. The predicted octanol–water partition coefficient (Wildman–Crippen LogP) is 3.79. The molecule has 0 radical (unpaired) electrons. The first-order valence-corrected chi connectivity index (χ1v) is 11.9. The lowest BCUT2D eigenvalue weighted by Gasteiger charge is -2.17. The third-order valence-corrected chi connectivity index (χ3v) is 7.15. The number of hydrogen-bond acceptors (Lipinski definition) is 4. The van der Waals surface area contributed by atoms with Crippen LogP contribution in [0.2, 0.25) is 0 Å². The van der Waals surface area contributed by atoms with Gasteiger partial charge in [-0.1, -0.05) is 43.3 Å². The molecule has 0 aliphatic carbocycles. The van der Waals surface area contributed by atoms with Crippen LogP contribution < -0.4 is 10.6 Å². The average Bonchev–Trinajstić information content (AvgIpc) is 2.71. The molecule has 166 valence electrons. The van der Waals surface area contributed by atoms with E-state index in [2.05, 4.69) is 34.7 Å². The van der Waals surface area contributed by atoms with E-state index < -0.39 is 10.0 Å². The molecule has 0 aliphatic rings. The van der Waals surface area contributed by atoms with Crippen molar-refractivity contribution in [3.05, 3.63) is 60.2 Å². The van der Waals surface area contributed by atoms with Crippen LogP contribution in [0.3, 0.4) is 0 Å². The summed E-state index contributed by atoms with van der Waals surface area (Å²) < 4.78 is 26.3. The number of aliphatic imine (C=N–C) groups is 1. The fraction of sp³-hybridized carbons (Fsp3) is 0.381. The number of hydrogen-bond donors (Lipinski definition) is 2. The highest BCUT2D eigenvalue weighted by Crippen LogP contribution is 2.22. The Bertz CT molecular complexity index is 906. The maximum absolute atomic E-state index is 12.6. The van der Waals surface area contributed by atoms with Crippen molar-refractivity contribution in [3.63, 3.8) is 0 Å². The monoisotopic (exact) mass is 562 g/mol. The summed E-state index contributed by atoms with van der Waals surface area (Å²) in [5, 5.41) is 6.92. The quantitative estimate of drug-likeness (QED) is 0.211. The summed E-state index contributed by atoms with van der Waals surface area (Å²) in [7, 11) is -0.439. The van der Waals surface area contributed by atoms with Crippen LogP contribution in [0.1, 0.15) is 19.4 Å². The second-order valence-corrected chi connectivity index (χ2v) is 10.3. The van der Waals surface area contributed by atoms with Gasteiger partial charge in [-0.3, -0.25) is 0 Å². The second kappa shape index (κ2) is 13.2. The Morgan fingerprint density at radius 1 is 1.07 bits per heavy atom. The lowest BCUT2D eigenvalue weighted by atomic mass is 10.2. The molecule has 0 aliphatic heterocycles. The van der Waals surface area contributed by atoms with Gasteiger partial charge in [-0.25, -0.2) is 17.7 Å². The van der Waals surface area contributed by atoms with Crippen molar-refractivity contribution in [1.29, 1.82) is 0 Å². The number of sulfonamides is 1. The van der Waals surface area contributed by atoms with Crippen LogP contribution in [0.4, 0.5) is 0 Å². The Hall–Kier alpha value is -1.30. The summed E-state index contributed by atoms with van der Waals surface area (Å²) in [5.41, 5.74) is 0.671. The molecular weight excluding hydrogens is 531 g/mol. The van der Waals surface area contributed by atoms with Gasteiger partial charge in [0, 0.05) is 37.3 Å². The number of rotatable bonds is 9. The number of halogens is 1. The van der Waals surface area contributed by atoms with Gasteiger partial charge in [-0.05, 0) is 30.7 Å². The fourth-order valence-corrected chi connectivity index (χ4v) is 4.66. The van der Waals surface area contributed by atoms with E-state index in [0.717, 1.165) is 13.1 Å². The molecule has 30 heavy (non-hydrogen) atoms. The molecule has 1 unspecified atom stereocenters. The third-order valence-electron chi connectivity index (χ3n) is 4.12. The van der Waals surface area contributed by atoms with Gasteiger partial charge >= 0.3 is 0 Å². The predicted molar refractivity (Wildman–Crippen MR) is 137 cm³/mol. The molecule has 0 fully saturated rings. The molecule has 1 atom stereocenters. The van der Waals surface area contributed by atoms with E-state index in [0.29, 0.717) is 16.8 Å². The van der Waals surface area contributed by atoms with E-state index >= 15 is 0 Å². The van der Waals surface area contributed by atoms with Gasteiger partial charge in [-0.15, -0.1) is 35.7 Å². The smallest absolute Gasteiger partial charge is 0.242 e. The zero-order valence-electron chi connectivity index (χ0n) is 17.8. The summed E-state index contributed by atoms with van der Waals surface area (Å²) in [6.07, 6.45) is 0. The molecule has 0 spiro atoms. The minimum Gasteiger partial charge on any atom is -0.357 e. The summed E-state index contributed by atoms with van der Waals surface area (Å²) in [6.45, 7) is 5.91. The van der Waals surface area contributed by atoms with Crippen molar-refractivity contribution in [2.45, 2.75) is 35.4 Å². The fourth-order valence-electron chi connectivity index (χ4n) is 2.60. The first-order chi connectivity index (χ1) is 13.8. The van der Waals surface area contributed by atoms with Crippen molar-refractivity contribution in [3.8, 4) is 0 Å². The van der Waals surface area contributed by atoms with Crippen LogP contribution in [-0.2, 0) is 16.6 Å². The van der Waals surface area contributed by atoms with Crippen molar-refractivity contribution >= 4 is 51.7 Å². The lowest BCUT2D eigenvalue weighted by Crippen LogP contribution is -2.40. The van der Waals surface area contributed by atoms with Crippen molar-refractivity contribution in [2.24, 2.45) is 4.99 Å². The lowest BCUT2D eigenvalue weighted by molar-refractivity contribution is 0.519. The molecule has 0 aromatic heterocycles. The molecule has 2 rings (SSSR count). The van der Waals surface area contributed by atoms with E-state index in [1.807, 2.05) is 31.2 Å². The van der Waals surface area contributed by atoms with Crippen LogP contribution in [0.25, 0.3) is 0 Å². The van der Waals surface area contributed by atoms with E-state index in [1.165, 1.54) is 23.3 Å². The number of nitrogens with one attached hydrogen (secondary N) is 2. The Morgan fingerprint density at radius 3 is 2.33 bits per heavy atom. The van der Waals surface area contributed by atoms with Gasteiger partial charge in [0.1, 0.15) is 0 Å². The molecule has 0 heterocycles. The zero-order valence-corrected chi connectivity index (χ0v) is 21.8. The van der Waals surface area contributed by atoms with Crippen molar-refractivity contribution < 1.29 is 8.42 Å². The number of guanidine groups is 1. The highest BCUT2D eigenvalue weighted by Gasteiger charge is 2.20. The van der Waals surface area contributed by atoms with Gasteiger partial charge in [0.05, 0.1) is 11.4 Å². The van der Waals surface area contributed by atoms with Gasteiger partial charge in [0.2, 0.25) is 10.0 Å². The number of benzene rings is 2. The highest BCUT2D eigenvalue weighted by molar-refractivity contribution is 14.0. The Balaban J connectivity index is 0.00000450. The molecule has 6 nitrogen and oxygen atoms in total.